The van der Waals surface area contributed by atoms with Gasteiger partial charge in [0.05, 0.1) is 40.4 Å². The molecule has 1 aliphatic rings. The number of aliphatic hydroxyl groups is 1. The summed E-state index contributed by atoms with van der Waals surface area (Å²) < 4.78 is 22.0. The first kappa shape index (κ1) is 26.1. The van der Waals surface area contributed by atoms with E-state index in [9.17, 15) is 9.67 Å². The SMILES string of the molecule is CC.Cc1ccc(NC/C=C(/c2nc3ccc(CO)cc3[nH]2)P2(=O)O[C@@H](C)C(C)N2C)c(C)n1. The minimum atomic E-state index is -3.32. The van der Waals surface area contributed by atoms with Gasteiger partial charge in [0, 0.05) is 18.3 Å². The molecule has 2 aromatic heterocycles. The Morgan fingerprint density at radius 1 is 1.24 bits per heavy atom. The van der Waals surface area contributed by atoms with Gasteiger partial charge in [-0.3, -0.25) is 9.55 Å². The molecule has 3 aromatic rings. The molecule has 1 aliphatic heterocycles. The topological polar surface area (TPSA) is 103 Å². The molecule has 3 N–H and O–H groups in total. The van der Waals surface area contributed by atoms with E-state index in [4.69, 9.17) is 9.51 Å². The summed E-state index contributed by atoms with van der Waals surface area (Å²) in [7, 11) is -1.49. The van der Waals surface area contributed by atoms with Gasteiger partial charge in [0.15, 0.2) is 0 Å². The van der Waals surface area contributed by atoms with Crippen molar-refractivity contribution in [1.29, 1.82) is 0 Å². The summed E-state index contributed by atoms with van der Waals surface area (Å²) >= 11 is 0. The van der Waals surface area contributed by atoms with E-state index >= 15 is 0 Å². The van der Waals surface area contributed by atoms with Gasteiger partial charge in [-0.05, 0) is 70.6 Å². The molecule has 0 radical (unpaired) electrons. The van der Waals surface area contributed by atoms with Crippen LogP contribution in [-0.2, 0) is 15.7 Å². The lowest BCUT2D eigenvalue weighted by Gasteiger charge is -2.22. The number of nitrogens with zero attached hydrogens (tertiary/aromatic N) is 3. The van der Waals surface area contributed by atoms with Crippen LogP contribution in [-0.4, -0.2) is 50.5 Å². The Balaban J connectivity index is 0.00000158. The lowest BCUT2D eigenvalue weighted by Crippen LogP contribution is -2.26. The summed E-state index contributed by atoms with van der Waals surface area (Å²) in [4.78, 5) is 12.5. The number of fused-ring (bicyclic) bond motifs is 1. The van der Waals surface area contributed by atoms with Crippen molar-refractivity contribution in [3.05, 3.63) is 59.2 Å². The van der Waals surface area contributed by atoms with Gasteiger partial charge in [0.1, 0.15) is 5.82 Å². The van der Waals surface area contributed by atoms with Gasteiger partial charge >= 0.3 is 7.52 Å². The normalized spacial score (nSPS) is 23.1. The Morgan fingerprint density at radius 3 is 2.59 bits per heavy atom. The number of hydrogen-bond acceptors (Lipinski definition) is 6. The monoisotopic (exact) mass is 485 g/mol. The standard InChI is InChI=1S/C23H30N5O3P.C2H6/c1-14-6-8-19(15(2)25-14)24-11-10-22(32(30)28(5)16(3)17(4)31-32)23-26-20-9-7-18(13-29)12-21(20)27-23;1-2/h6-10,12,16-17,24,29H,11,13H2,1-5H3,(H,26,27);1-2H3/b22-10-;/t16?,17-,32?;/m0./s1. The van der Waals surface area contributed by atoms with Gasteiger partial charge in [-0.1, -0.05) is 19.9 Å². The number of imidazole rings is 1. The summed E-state index contributed by atoms with van der Waals surface area (Å²) in [6.07, 6.45) is 1.71. The zero-order valence-electron chi connectivity index (χ0n) is 21.1. The Kier molecular flexibility index (Phi) is 8.31. The number of aromatic nitrogens is 3. The number of hydrogen-bond donors (Lipinski definition) is 3. The molecule has 184 valence electrons. The van der Waals surface area contributed by atoms with Crippen molar-refractivity contribution >= 4 is 29.6 Å². The van der Waals surface area contributed by atoms with Gasteiger partial charge < -0.3 is 19.9 Å². The largest absolute Gasteiger partial charge is 0.392 e. The van der Waals surface area contributed by atoms with Crippen LogP contribution in [0.1, 0.15) is 50.5 Å². The molecule has 4 rings (SSSR count). The fourth-order valence-corrected chi connectivity index (χ4v) is 6.50. The average molecular weight is 486 g/mol. The van der Waals surface area contributed by atoms with Crippen molar-refractivity contribution in [3.63, 3.8) is 0 Å². The fraction of sp³-hybridized carbons (Fsp3) is 0.440. The Bertz CT molecular complexity index is 1220. The number of likely N-dealkylation sites (N-methyl/N-ethyl adjacent to an activating group) is 1. The Hall–Kier alpha value is -2.51. The molecule has 2 unspecified atom stereocenters. The van der Waals surface area contributed by atoms with Crippen LogP contribution in [0.25, 0.3) is 16.3 Å². The summed E-state index contributed by atoms with van der Waals surface area (Å²) in [5, 5.41) is 13.3. The first-order valence-corrected chi connectivity index (χ1v) is 13.3. The molecule has 9 heteroatoms. The number of rotatable bonds is 6. The molecule has 1 aromatic carbocycles. The molecule has 0 spiro atoms. The molecular formula is C25H36N5O3P. The van der Waals surface area contributed by atoms with Crippen molar-refractivity contribution in [2.75, 3.05) is 18.9 Å². The maximum absolute atomic E-state index is 14.1. The number of H-pyrrole nitrogens is 1. The van der Waals surface area contributed by atoms with Crippen molar-refractivity contribution < 1.29 is 14.2 Å². The van der Waals surface area contributed by atoms with E-state index in [2.05, 4.69) is 15.3 Å². The lowest BCUT2D eigenvalue weighted by molar-refractivity contribution is 0.229. The van der Waals surface area contributed by atoms with Crippen molar-refractivity contribution in [1.82, 2.24) is 19.6 Å². The van der Waals surface area contributed by atoms with Gasteiger partial charge in [-0.25, -0.2) is 9.65 Å². The first-order chi connectivity index (χ1) is 16.2. The van der Waals surface area contributed by atoms with Crippen LogP contribution in [0.15, 0.2) is 36.4 Å². The van der Waals surface area contributed by atoms with Crippen molar-refractivity contribution in [3.8, 4) is 0 Å². The highest BCUT2D eigenvalue weighted by Gasteiger charge is 2.47. The second-order valence-electron chi connectivity index (χ2n) is 8.30. The summed E-state index contributed by atoms with van der Waals surface area (Å²) in [6, 6.07) is 9.48. The summed E-state index contributed by atoms with van der Waals surface area (Å²) in [6.45, 7) is 12.2. The van der Waals surface area contributed by atoms with E-state index in [1.807, 2.05) is 89.7 Å². The van der Waals surface area contributed by atoms with Crippen LogP contribution in [0.5, 0.6) is 0 Å². The van der Waals surface area contributed by atoms with E-state index in [0.29, 0.717) is 17.7 Å². The zero-order chi connectivity index (χ0) is 25.0. The van der Waals surface area contributed by atoms with Gasteiger partial charge in [0.2, 0.25) is 0 Å². The number of nitrogens with one attached hydrogen (secondary N) is 2. The maximum Gasteiger partial charge on any atom is 0.306 e. The Morgan fingerprint density at radius 2 is 1.97 bits per heavy atom. The number of anilines is 1. The molecule has 3 heterocycles. The van der Waals surface area contributed by atoms with E-state index in [-0.39, 0.29) is 18.8 Å². The highest BCUT2D eigenvalue weighted by molar-refractivity contribution is 7.67. The number of aliphatic hydroxyl groups excluding tert-OH is 1. The number of pyridine rings is 1. The van der Waals surface area contributed by atoms with Crippen LogP contribution in [0.2, 0.25) is 0 Å². The van der Waals surface area contributed by atoms with Crippen LogP contribution in [0.3, 0.4) is 0 Å². The second-order valence-corrected chi connectivity index (χ2v) is 10.7. The van der Waals surface area contributed by atoms with Gasteiger partial charge in [0.25, 0.3) is 0 Å². The molecule has 0 bridgehead atoms. The molecule has 0 aliphatic carbocycles. The van der Waals surface area contributed by atoms with Gasteiger partial charge in [-0.2, -0.15) is 0 Å². The number of benzene rings is 1. The zero-order valence-corrected chi connectivity index (χ0v) is 22.0. The third-order valence-electron chi connectivity index (χ3n) is 6.08. The summed E-state index contributed by atoms with van der Waals surface area (Å²) in [5.41, 5.74) is 5.09. The molecule has 0 saturated carbocycles. The minimum absolute atomic E-state index is 0.00565. The predicted molar refractivity (Wildman–Crippen MR) is 139 cm³/mol. The minimum Gasteiger partial charge on any atom is -0.392 e. The van der Waals surface area contributed by atoms with Crippen LogP contribution in [0.4, 0.5) is 5.69 Å². The molecule has 3 atom stereocenters. The molecule has 0 amide bonds. The van der Waals surface area contributed by atoms with E-state index < -0.39 is 7.52 Å². The molecular weight excluding hydrogens is 449 g/mol. The third kappa shape index (κ3) is 5.10. The predicted octanol–water partition coefficient (Wildman–Crippen LogP) is 5.48. The molecule has 8 nitrogen and oxygen atoms in total. The number of aromatic amines is 1. The van der Waals surface area contributed by atoms with E-state index in [1.165, 1.54) is 0 Å². The van der Waals surface area contributed by atoms with Crippen LogP contribution >= 0.6 is 7.52 Å². The highest BCUT2D eigenvalue weighted by Crippen LogP contribution is 2.66. The highest BCUT2D eigenvalue weighted by atomic mass is 31.2. The fourth-order valence-electron chi connectivity index (χ4n) is 3.91. The van der Waals surface area contributed by atoms with Crippen LogP contribution < -0.4 is 5.32 Å². The van der Waals surface area contributed by atoms with Gasteiger partial charge in [-0.15, -0.1) is 0 Å². The lowest BCUT2D eigenvalue weighted by atomic mass is 10.2. The first-order valence-electron chi connectivity index (χ1n) is 11.7. The average Bonchev–Trinajstić information content (AvgIpc) is 3.33. The molecule has 1 fully saturated rings. The van der Waals surface area contributed by atoms with E-state index in [1.54, 1.807) is 0 Å². The van der Waals surface area contributed by atoms with Crippen molar-refractivity contribution in [2.45, 2.75) is 60.3 Å². The molecule has 1 saturated heterocycles. The number of aryl methyl sites for hydroxylation is 2. The van der Waals surface area contributed by atoms with E-state index in [0.717, 1.165) is 33.7 Å². The smallest absolute Gasteiger partial charge is 0.306 e. The third-order valence-corrected chi connectivity index (χ3v) is 8.90. The molecule has 34 heavy (non-hydrogen) atoms. The summed E-state index contributed by atoms with van der Waals surface area (Å²) in [5.74, 6) is 0.507. The van der Waals surface area contributed by atoms with Crippen LogP contribution in [0, 0.1) is 13.8 Å². The quantitative estimate of drug-likeness (QED) is 0.397. The second kappa shape index (κ2) is 10.8. The van der Waals surface area contributed by atoms with Crippen molar-refractivity contribution in [2.24, 2.45) is 0 Å². The Labute approximate surface area is 202 Å². The maximum atomic E-state index is 14.1.